The molecule has 0 aliphatic heterocycles. The molecule has 0 saturated heterocycles. The quantitative estimate of drug-likeness (QED) is 0.340. The summed E-state index contributed by atoms with van der Waals surface area (Å²) in [7, 11) is 1.55. The van der Waals surface area contributed by atoms with Gasteiger partial charge in [0, 0.05) is 19.2 Å². The Kier molecular flexibility index (Phi) is 4.80. The second kappa shape index (κ2) is 7.45. The molecule has 150 valence electrons. The van der Waals surface area contributed by atoms with Gasteiger partial charge >= 0.3 is 5.66 Å². The molecule has 0 unspecified atom stereocenters. The van der Waals surface area contributed by atoms with E-state index in [0.717, 1.165) is 0 Å². The van der Waals surface area contributed by atoms with Gasteiger partial charge in [0.1, 0.15) is 6.10 Å². The number of nitro benzene ring substituents is 1. The maximum absolute atomic E-state index is 12.5. The van der Waals surface area contributed by atoms with Crippen LogP contribution in [0.15, 0.2) is 83.0 Å². The fourth-order valence-electron chi connectivity index (χ4n) is 3.76. The zero-order valence-electron chi connectivity index (χ0n) is 15.8. The lowest BCUT2D eigenvalue weighted by atomic mass is 9.77. The number of methoxy groups -OCH3 is 1. The van der Waals surface area contributed by atoms with E-state index in [9.17, 15) is 20.2 Å². The van der Waals surface area contributed by atoms with Crippen molar-refractivity contribution >= 4 is 11.4 Å². The maximum atomic E-state index is 12.5. The molecule has 0 saturated carbocycles. The van der Waals surface area contributed by atoms with Crippen LogP contribution in [0.1, 0.15) is 28.4 Å². The van der Waals surface area contributed by atoms with E-state index in [-0.39, 0.29) is 11.4 Å². The predicted octanol–water partition coefficient (Wildman–Crippen LogP) is 4.91. The second-order valence-electron chi connectivity index (χ2n) is 6.69. The summed E-state index contributed by atoms with van der Waals surface area (Å²) in [6.45, 7) is 0. The van der Waals surface area contributed by atoms with Crippen molar-refractivity contribution in [3.63, 3.8) is 0 Å². The highest BCUT2D eigenvalue weighted by Gasteiger charge is 2.55. The Bertz CT molecular complexity index is 1110. The molecular weight excluding hydrogens is 388 g/mol. The number of benzene rings is 3. The molecule has 0 aromatic heterocycles. The van der Waals surface area contributed by atoms with Gasteiger partial charge in [-0.05, 0) is 35.4 Å². The molecule has 30 heavy (non-hydrogen) atoms. The Morgan fingerprint density at radius 3 is 1.87 bits per heavy atom. The largest absolute Gasteiger partial charge is 0.382 e. The van der Waals surface area contributed by atoms with Crippen LogP contribution in [-0.2, 0) is 10.4 Å². The van der Waals surface area contributed by atoms with Crippen LogP contribution in [0.3, 0.4) is 0 Å². The SMILES string of the molecule is COC1c2ccccc2C(N=Nc2ccc([N+](=O)[O-])cc2)([N+](=O)[O-])c2ccccc21. The standard InChI is InChI=1S/C21H16N4O5/c1-30-20-16-6-2-4-8-18(16)21(25(28)29,19-9-5-3-7-17(19)20)23-22-14-10-12-15(13-11-14)24(26)27/h2-13,20H,1H3. The fraction of sp³-hybridized carbons (Fsp3) is 0.143. The first kappa shape index (κ1) is 19.3. The molecule has 0 spiro atoms. The van der Waals surface area contributed by atoms with Crippen LogP contribution in [0.2, 0.25) is 0 Å². The minimum absolute atomic E-state index is 0.103. The van der Waals surface area contributed by atoms with Gasteiger partial charge in [0.15, 0.2) is 0 Å². The molecule has 3 aromatic carbocycles. The topological polar surface area (TPSA) is 120 Å². The zero-order chi connectivity index (χ0) is 21.3. The van der Waals surface area contributed by atoms with Gasteiger partial charge in [-0.25, -0.2) is 0 Å². The van der Waals surface area contributed by atoms with Gasteiger partial charge in [-0.15, -0.1) is 5.11 Å². The van der Waals surface area contributed by atoms with Crippen LogP contribution < -0.4 is 0 Å². The van der Waals surface area contributed by atoms with Crippen molar-refractivity contribution in [2.45, 2.75) is 11.8 Å². The van der Waals surface area contributed by atoms with E-state index in [2.05, 4.69) is 10.2 Å². The number of hydrogen-bond donors (Lipinski definition) is 0. The first-order valence-corrected chi connectivity index (χ1v) is 9.02. The summed E-state index contributed by atoms with van der Waals surface area (Å²) in [5.41, 5.74) is 0.206. The van der Waals surface area contributed by atoms with Gasteiger partial charge < -0.3 is 4.74 Å². The van der Waals surface area contributed by atoms with Gasteiger partial charge in [0.05, 0.1) is 26.7 Å². The summed E-state index contributed by atoms with van der Waals surface area (Å²) < 4.78 is 5.66. The van der Waals surface area contributed by atoms with Crippen molar-refractivity contribution in [2.24, 2.45) is 10.2 Å². The molecule has 0 atom stereocenters. The van der Waals surface area contributed by atoms with E-state index < -0.39 is 21.6 Å². The van der Waals surface area contributed by atoms with Crippen molar-refractivity contribution in [3.8, 4) is 0 Å². The highest BCUT2D eigenvalue weighted by atomic mass is 16.6. The molecule has 0 amide bonds. The number of azo groups is 1. The highest BCUT2D eigenvalue weighted by Crippen LogP contribution is 2.48. The molecule has 1 aliphatic carbocycles. The van der Waals surface area contributed by atoms with E-state index in [1.54, 1.807) is 55.6 Å². The molecule has 1 aliphatic rings. The Morgan fingerprint density at radius 2 is 1.40 bits per heavy atom. The first-order chi connectivity index (χ1) is 14.5. The molecule has 0 heterocycles. The molecule has 0 N–H and O–H groups in total. The number of ether oxygens (including phenoxy) is 1. The summed E-state index contributed by atoms with van der Waals surface area (Å²) in [6, 6.07) is 19.2. The van der Waals surface area contributed by atoms with Crippen molar-refractivity contribution in [1.82, 2.24) is 0 Å². The Hall–Kier alpha value is -3.98. The minimum atomic E-state index is -1.97. The Balaban J connectivity index is 1.92. The molecule has 0 radical (unpaired) electrons. The summed E-state index contributed by atoms with van der Waals surface area (Å²) in [5.74, 6) is 0. The fourth-order valence-corrected chi connectivity index (χ4v) is 3.76. The number of nitrogens with zero attached hydrogens (tertiary/aromatic N) is 4. The number of fused-ring (bicyclic) bond motifs is 2. The lowest BCUT2D eigenvalue weighted by molar-refractivity contribution is -0.566. The molecule has 3 aromatic rings. The predicted molar refractivity (Wildman–Crippen MR) is 107 cm³/mol. The summed E-state index contributed by atoms with van der Waals surface area (Å²) >= 11 is 0. The van der Waals surface area contributed by atoms with Gasteiger partial charge in [-0.1, -0.05) is 41.5 Å². The van der Waals surface area contributed by atoms with Crippen LogP contribution in [0.4, 0.5) is 11.4 Å². The van der Waals surface area contributed by atoms with Gasteiger partial charge in [0.25, 0.3) is 5.69 Å². The van der Waals surface area contributed by atoms with E-state index in [0.29, 0.717) is 22.3 Å². The maximum Gasteiger partial charge on any atom is 0.382 e. The average molecular weight is 404 g/mol. The second-order valence-corrected chi connectivity index (χ2v) is 6.69. The Morgan fingerprint density at radius 1 is 0.867 bits per heavy atom. The van der Waals surface area contributed by atoms with E-state index in [4.69, 9.17) is 4.74 Å². The smallest absolute Gasteiger partial charge is 0.372 e. The van der Waals surface area contributed by atoms with E-state index >= 15 is 0 Å². The average Bonchev–Trinajstić information content (AvgIpc) is 2.76. The third-order valence-electron chi connectivity index (χ3n) is 5.11. The Labute approximate surface area is 171 Å². The van der Waals surface area contributed by atoms with Crippen molar-refractivity contribution in [1.29, 1.82) is 0 Å². The summed E-state index contributed by atoms with van der Waals surface area (Å²) in [4.78, 5) is 22.3. The molecule has 4 rings (SSSR count). The van der Waals surface area contributed by atoms with Crippen molar-refractivity contribution in [3.05, 3.63) is 115 Å². The van der Waals surface area contributed by atoms with Crippen molar-refractivity contribution < 1.29 is 14.6 Å². The van der Waals surface area contributed by atoms with Crippen LogP contribution in [0.5, 0.6) is 0 Å². The lowest BCUT2D eigenvalue weighted by Gasteiger charge is -2.33. The molecule has 0 bridgehead atoms. The number of rotatable bonds is 5. The van der Waals surface area contributed by atoms with Crippen molar-refractivity contribution in [2.75, 3.05) is 7.11 Å². The number of non-ortho nitro benzene ring substituents is 1. The third-order valence-corrected chi connectivity index (χ3v) is 5.11. The molecule has 0 fully saturated rings. The first-order valence-electron chi connectivity index (χ1n) is 9.02. The van der Waals surface area contributed by atoms with Crippen LogP contribution in [-0.4, -0.2) is 17.0 Å². The lowest BCUT2D eigenvalue weighted by Crippen LogP contribution is -2.40. The zero-order valence-corrected chi connectivity index (χ0v) is 15.8. The minimum Gasteiger partial charge on any atom is -0.372 e. The van der Waals surface area contributed by atoms with Gasteiger partial charge in [-0.2, -0.15) is 0 Å². The number of nitro groups is 2. The van der Waals surface area contributed by atoms with Gasteiger partial charge in [-0.3, -0.25) is 20.2 Å². The van der Waals surface area contributed by atoms with E-state index in [1.807, 2.05) is 0 Å². The van der Waals surface area contributed by atoms with Crippen LogP contribution in [0, 0.1) is 20.2 Å². The van der Waals surface area contributed by atoms with Gasteiger partial charge in [0.2, 0.25) is 0 Å². The normalized spacial score (nSPS) is 19.8. The summed E-state index contributed by atoms with van der Waals surface area (Å²) in [6.07, 6.45) is -0.472. The summed E-state index contributed by atoms with van der Waals surface area (Å²) in [5, 5.41) is 31.6. The monoisotopic (exact) mass is 404 g/mol. The van der Waals surface area contributed by atoms with Crippen LogP contribution in [0.25, 0.3) is 0 Å². The molecular formula is C21H16N4O5. The molecule has 9 nitrogen and oxygen atoms in total. The number of hydrogen-bond acceptors (Lipinski definition) is 7. The third kappa shape index (κ3) is 2.92. The van der Waals surface area contributed by atoms with Crippen LogP contribution >= 0.6 is 0 Å². The molecule has 9 heteroatoms. The highest BCUT2D eigenvalue weighted by molar-refractivity contribution is 5.53. The van der Waals surface area contributed by atoms with E-state index in [1.165, 1.54) is 24.3 Å².